The van der Waals surface area contributed by atoms with Gasteiger partial charge in [0.2, 0.25) is 0 Å². The molecule has 23 heavy (non-hydrogen) atoms. The third-order valence-electron chi connectivity index (χ3n) is 3.10. The molecule has 2 aromatic carbocycles. The molecule has 0 saturated heterocycles. The quantitative estimate of drug-likeness (QED) is 0.492. The van der Waals surface area contributed by atoms with Crippen LogP contribution in [0, 0.1) is 13.8 Å². The lowest BCUT2D eigenvalue weighted by Crippen LogP contribution is -2.32. The molecule has 0 unspecified atom stereocenters. The Kier molecular flexibility index (Phi) is 5.65. The van der Waals surface area contributed by atoms with E-state index in [0.29, 0.717) is 5.69 Å². The zero-order valence-corrected chi connectivity index (χ0v) is 14.3. The van der Waals surface area contributed by atoms with Gasteiger partial charge in [-0.1, -0.05) is 45.8 Å². The second kappa shape index (κ2) is 7.69. The summed E-state index contributed by atoms with van der Waals surface area (Å²) in [6.07, 6.45) is 1.48. The van der Waals surface area contributed by atoms with Crippen LogP contribution in [0.2, 0.25) is 0 Å². The number of rotatable bonds is 3. The van der Waals surface area contributed by atoms with Crippen LogP contribution in [0.1, 0.15) is 16.7 Å². The second-order valence-electron chi connectivity index (χ2n) is 5.02. The Morgan fingerprint density at radius 3 is 2.39 bits per heavy atom. The lowest BCUT2D eigenvalue weighted by atomic mass is 10.2. The normalized spacial score (nSPS) is 10.6. The van der Waals surface area contributed by atoms with E-state index < -0.39 is 11.8 Å². The van der Waals surface area contributed by atoms with Gasteiger partial charge in [-0.05, 0) is 43.2 Å². The Morgan fingerprint density at radius 2 is 1.74 bits per heavy atom. The first-order chi connectivity index (χ1) is 11.0. The number of anilines is 1. The first-order valence-electron chi connectivity index (χ1n) is 6.93. The number of hydrogen-bond donors (Lipinski definition) is 2. The largest absolute Gasteiger partial charge is 0.329 e. The van der Waals surface area contributed by atoms with Gasteiger partial charge in [0.15, 0.2) is 0 Å². The van der Waals surface area contributed by atoms with Gasteiger partial charge in [-0.25, -0.2) is 5.43 Å². The topological polar surface area (TPSA) is 70.6 Å². The lowest BCUT2D eigenvalue weighted by molar-refractivity contribution is -0.136. The Morgan fingerprint density at radius 1 is 1.04 bits per heavy atom. The van der Waals surface area contributed by atoms with Gasteiger partial charge in [-0.2, -0.15) is 5.10 Å². The van der Waals surface area contributed by atoms with Crippen molar-refractivity contribution >= 4 is 39.6 Å². The van der Waals surface area contributed by atoms with E-state index in [4.69, 9.17) is 0 Å². The number of hydrogen-bond acceptors (Lipinski definition) is 3. The third-order valence-corrected chi connectivity index (χ3v) is 3.59. The highest BCUT2D eigenvalue weighted by atomic mass is 79.9. The zero-order chi connectivity index (χ0) is 16.8. The van der Waals surface area contributed by atoms with Crippen molar-refractivity contribution in [1.82, 2.24) is 5.43 Å². The predicted octanol–water partition coefficient (Wildman–Crippen LogP) is 3.15. The number of nitrogens with zero attached hydrogens (tertiary/aromatic N) is 1. The van der Waals surface area contributed by atoms with E-state index in [9.17, 15) is 9.59 Å². The number of hydrazone groups is 1. The Balaban J connectivity index is 1.92. The van der Waals surface area contributed by atoms with Crippen LogP contribution in [0.5, 0.6) is 0 Å². The summed E-state index contributed by atoms with van der Waals surface area (Å²) in [6, 6.07) is 13.0. The highest BCUT2D eigenvalue weighted by molar-refractivity contribution is 9.10. The van der Waals surface area contributed by atoms with E-state index in [-0.39, 0.29) is 0 Å². The van der Waals surface area contributed by atoms with Gasteiger partial charge in [0, 0.05) is 10.2 Å². The van der Waals surface area contributed by atoms with Crippen molar-refractivity contribution in [3.8, 4) is 0 Å². The molecule has 0 bridgehead atoms. The summed E-state index contributed by atoms with van der Waals surface area (Å²) in [6.45, 7) is 3.82. The highest BCUT2D eigenvalue weighted by Crippen LogP contribution is 2.19. The molecule has 0 fully saturated rings. The van der Waals surface area contributed by atoms with Crippen LogP contribution < -0.4 is 10.7 Å². The molecule has 118 valence electrons. The minimum atomic E-state index is -0.823. The number of carbonyl (C=O) groups is 2. The van der Waals surface area contributed by atoms with Gasteiger partial charge in [-0.15, -0.1) is 0 Å². The molecular formula is C17H16BrN3O2. The number of nitrogens with one attached hydrogen (secondary N) is 2. The van der Waals surface area contributed by atoms with Crippen molar-refractivity contribution in [3.05, 3.63) is 63.6 Å². The third kappa shape index (κ3) is 5.03. The van der Waals surface area contributed by atoms with Crippen LogP contribution in [0.25, 0.3) is 0 Å². The standard InChI is InChI=1S/C17H16BrN3O2/c1-11-3-5-13(6-4-11)10-19-21-17(23)16(22)20-15-8-7-14(18)9-12(15)2/h3-10H,1-2H3,(H,20,22)(H,21,23)/b19-10+. The molecule has 0 spiro atoms. The second-order valence-corrected chi connectivity index (χ2v) is 5.94. The minimum Gasteiger partial charge on any atom is -0.317 e. The molecule has 0 aliphatic rings. The van der Waals surface area contributed by atoms with Gasteiger partial charge in [-0.3, -0.25) is 9.59 Å². The van der Waals surface area contributed by atoms with E-state index in [1.807, 2.05) is 44.2 Å². The monoisotopic (exact) mass is 373 g/mol. The van der Waals surface area contributed by atoms with Crippen LogP contribution in [-0.4, -0.2) is 18.0 Å². The summed E-state index contributed by atoms with van der Waals surface area (Å²) < 4.78 is 0.903. The van der Waals surface area contributed by atoms with Gasteiger partial charge in [0.25, 0.3) is 0 Å². The molecule has 2 amide bonds. The number of amides is 2. The maximum atomic E-state index is 11.8. The summed E-state index contributed by atoms with van der Waals surface area (Å²) in [5, 5.41) is 6.33. The van der Waals surface area contributed by atoms with Crippen molar-refractivity contribution in [2.75, 3.05) is 5.32 Å². The van der Waals surface area contributed by atoms with E-state index in [1.54, 1.807) is 12.1 Å². The Labute approximate surface area is 142 Å². The maximum absolute atomic E-state index is 11.8. The number of aryl methyl sites for hydroxylation is 2. The smallest absolute Gasteiger partial charge is 0.317 e. The van der Waals surface area contributed by atoms with Crippen molar-refractivity contribution in [2.24, 2.45) is 5.10 Å². The van der Waals surface area contributed by atoms with Gasteiger partial charge in [0.05, 0.1) is 6.21 Å². The molecule has 0 saturated carbocycles. The van der Waals surface area contributed by atoms with Crippen LogP contribution in [0.3, 0.4) is 0 Å². The molecule has 0 atom stereocenters. The molecule has 0 heterocycles. The number of carbonyl (C=O) groups excluding carboxylic acids is 2. The SMILES string of the molecule is Cc1ccc(/C=N/NC(=O)C(=O)Nc2ccc(Br)cc2C)cc1. The molecule has 2 rings (SSSR count). The van der Waals surface area contributed by atoms with E-state index in [0.717, 1.165) is 21.2 Å². The van der Waals surface area contributed by atoms with Crippen LogP contribution >= 0.6 is 15.9 Å². The Bertz CT molecular complexity index is 755. The molecular weight excluding hydrogens is 358 g/mol. The highest BCUT2D eigenvalue weighted by Gasteiger charge is 2.13. The van der Waals surface area contributed by atoms with Crippen molar-refractivity contribution in [3.63, 3.8) is 0 Å². The average Bonchev–Trinajstić information content (AvgIpc) is 2.51. The van der Waals surface area contributed by atoms with Crippen LogP contribution in [0.4, 0.5) is 5.69 Å². The van der Waals surface area contributed by atoms with Gasteiger partial charge < -0.3 is 5.32 Å². The molecule has 2 aromatic rings. The summed E-state index contributed by atoms with van der Waals surface area (Å²) in [5.74, 6) is -1.59. The first kappa shape index (κ1) is 16.9. The van der Waals surface area contributed by atoms with Crippen molar-refractivity contribution in [1.29, 1.82) is 0 Å². The van der Waals surface area contributed by atoms with E-state index >= 15 is 0 Å². The van der Waals surface area contributed by atoms with Gasteiger partial charge in [0.1, 0.15) is 0 Å². The summed E-state index contributed by atoms with van der Waals surface area (Å²) >= 11 is 3.34. The zero-order valence-electron chi connectivity index (χ0n) is 12.8. The van der Waals surface area contributed by atoms with Crippen LogP contribution in [-0.2, 0) is 9.59 Å². The first-order valence-corrected chi connectivity index (χ1v) is 7.72. The van der Waals surface area contributed by atoms with Crippen molar-refractivity contribution in [2.45, 2.75) is 13.8 Å². The fraction of sp³-hybridized carbons (Fsp3) is 0.118. The molecule has 0 aliphatic heterocycles. The van der Waals surface area contributed by atoms with Crippen molar-refractivity contribution < 1.29 is 9.59 Å². The summed E-state index contributed by atoms with van der Waals surface area (Å²) in [4.78, 5) is 23.6. The fourth-order valence-electron chi connectivity index (χ4n) is 1.82. The Hall–Kier alpha value is -2.47. The van der Waals surface area contributed by atoms with E-state index in [1.165, 1.54) is 6.21 Å². The predicted molar refractivity (Wildman–Crippen MR) is 94.4 cm³/mol. The molecule has 5 nitrogen and oxygen atoms in total. The van der Waals surface area contributed by atoms with Gasteiger partial charge >= 0.3 is 11.8 Å². The molecule has 0 radical (unpaired) electrons. The minimum absolute atomic E-state index is 0.580. The van der Waals surface area contributed by atoms with Crippen LogP contribution in [0.15, 0.2) is 52.0 Å². The van der Waals surface area contributed by atoms with E-state index in [2.05, 4.69) is 31.8 Å². The summed E-state index contributed by atoms with van der Waals surface area (Å²) in [5.41, 5.74) is 5.60. The molecule has 0 aromatic heterocycles. The number of benzene rings is 2. The summed E-state index contributed by atoms with van der Waals surface area (Å²) in [7, 11) is 0. The lowest BCUT2D eigenvalue weighted by Gasteiger charge is -2.07. The fourth-order valence-corrected chi connectivity index (χ4v) is 2.29. The molecule has 2 N–H and O–H groups in total. The average molecular weight is 374 g/mol. The molecule has 0 aliphatic carbocycles. The maximum Gasteiger partial charge on any atom is 0.329 e. The number of halogens is 1. The molecule has 6 heteroatoms.